The predicted octanol–water partition coefficient (Wildman–Crippen LogP) is 3.08. The molecule has 0 unspecified atom stereocenters. The van der Waals surface area contributed by atoms with Gasteiger partial charge in [0.2, 0.25) is 0 Å². The van der Waals surface area contributed by atoms with Gasteiger partial charge in [0, 0.05) is 37.8 Å². The number of hydrogen-bond acceptors (Lipinski definition) is 7. The highest BCUT2D eigenvalue weighted by atomic mass is 79.9. The number of nitrogens with zero attached hydrogens (tertiary/aromatic N) is 5. The molecule has 1 amide bonds. The molecular formula is C20H32BrN5O3. The maximum Gasteiger partial charge on any atom is 0.410 e. The number of carbonyl (C=O) groups is 1. The summed E-state index contributed by atoms with van der Waals surface area (Å²) in [5, 5.41) is 0. The maximum absolute atomic E-state index is 12.3. The van der Waals surface area contributed by atoms with Gasteiger partial charge < -0.3 is 24.2 Å². The van der Waals surface area contributed by atoms with Crippen LogP contribution in [0.4, 0.5) is 10.6 Å². The van der Waals surface area contributed by atoms with Crippen molar-refractivity contribution in [3.63, 3.8) is 0 Å². The Morgan fingerprint density at radius 2 is 1.86 bits per heavy atom. The van der Waals surface area contributed by atoms with Crippen molar-refractivity contribution >= 4 is 27.8 Å². The van der Waals surface area contributed by atoms with E-state index < -0.39 is 5.60 Å². The zero-order chi connectivity index (χ0) is 21.2. The van der Waals surface area contributed by atoms with Gasteiger partial charge in [-0.15, -0.1) is 0 Å². The minimum Gasteiger partial charge on any atom is -0.462 e. The summed E-state index contributed by atoms with van der Waals surface area (Å²) >= 11 is 3.54. The van der Waals surface area contributed by atoms with E-state index in [0.29, 0.717) is 44.8 Å². The number of likely N-dealkylation sites (tertiary alicyclic amines) is 1. The Balaban J connectivity index is 1.63. The lowest BCUT2D eigenvalue weighted by Gasteiger charge is -2.36. The second-order valence-electron chi connectivity index (χ2n) is 8.79. The van der Waals surface area contributed by atoms with E-state index in [1.54, 1.807) is 4.90 Å². The second-order valence-corrected chi connectivity index (χ2v) is 9.54. The molecule has 0 aliphatic carbocycles. The highest BCUT2D eigenvalue weighted by molar-refractivity contribution is 9.10. The molecule has 1 aromatic rings. The molecule has 0 N–H and O–H groups in total. The van der Waals surface area contributed by atoms with Crippen molar-refractivity contribution < 1.29 is 14.3 Å². The molecule has 2 aliphatic rings. The number of carbonyl (C=O) groups excluding carboxylic acids is 1. The molecule has 29 heavy (non-hydrogen) atoms. The molecule has 162 valence electrons. The van der Waals surface area contributed by atoms with Crippen molar-refractivity contribution in [3.05, 3.63) is 10.2 Å². The van der Waals surface area contributed by atoms with E-state index in [4.69, 9.17) is 9.47 Å². The number of rotatable bonds is 4. The molecule has 3 heterocycles. The zero-order valence-corrected chi connectivity index (χ0v) is 19.7. The van der Waals surface area contributed by atoms with E-state index in [-0.39, 0.29) is 6.09 Å². The summed E-state index contributed by atoms with van der Waals surface area (Å²) in [5.41, 5.74) is 0.489. The summed E-state index contributed by atoms with van der Waals surface area (Å²) in [5.74, 6) is 0.852. The van der Waals surface area contributed by atoms with Crippen LogP contribution in [0.25, 0.3) is 0 Å². The fourth-order valence-corrected chi connectivity index (χ4v) is 3.95. The first-order chi connectivity index (χ1) is 13.6. The monoisotopic (exact) mass is 469 g/mol. The largest absolute Gasteiger partial charge is 0.462 e. The smallest absolute Gasteiger partial charge is 0.410 e. The van der Waals surface area contributed by atoms with E-state index in [2.05, 4.69) is 42.7 Å². The van der Waals surface area contributed by atoms with Crippen molar-refractivity contribution in [2.75, 3.05) is 51.3 Å². The topological polar surface area (TPSA) is 71.0 Å². The van der Waals surface area contributed by atoms with Gasteiger partial charge in [-0.05, 0) is 70.1 Å². The second kappa shape index (κ2) is 9.04. The number of likely N-dealkylation sites (N-methyl/N-ethyl adjacent to an activating group) is 1. The lowest BCUT2D eigenvalue weighted by Crippen LogP contribution is -2.50. The van der Waals surface area contributed by atoms with Crippen LogP contribution in [-0.4, -0.2) is 83.9 Å². The highest BCUT2D eigenvalue weighted by Crippen LogP contribution is 2.28. The van der Waals surface area contributed by atoms with Crippen LogP contribution in [0, 0.1) is 6.92 Å². The molecular weight excluding hydrogens is 438 g/mol. The Hall–Kier alpha value is -1.61. The molecule has 0 saturated carbocycles. The molecule has 2 aliphatic heterocycles. The number of anilines is 1. The van der Waals surface area contributed by atoms with Crippen LogP contribution in [0.15, 0.2) is 4.60 Å². The number of hydrogen-bond donors (Lipinski definition) is 0. The predicted molar refractivity (Wildman–Crippen MR) is 116 cm³/mol. The third kappa shape index (κ3) is 5.72. The Morgan fingerprint density at radius 1 is 1.17 bits per heavy atom. The molecule has 0 radical (unpaired) electrons. The first-order valence-electron chi connectivity index (χ1n) is 10.2. The Kier molecular flexibility index (Phi) is 6.88. The van der Waals surface area contributed by atoms with Crippen LogP contribution >= 0.6 is 15.9 Å². The number of amides is 1. The van der Waals surface area contributed by atoms with Crippen molar-refractivity contribution in [3.8, 4) is 6.01 Å². The Labute approximate surface area is 181 Å². The van der Waals surface area contributed by atoms with Crippen LogP contribution in [-0.2, 0) is 4.74 Å². The molecule has 1 aromatic heterocycles. The Bertz CT molecular complexity index is 732. The minimum absolute atomic E-state index is 0.262. The first-order valence-corrected chi connectivity index (χ1v) is 11.0. The lowest BCUT2D eigenvalue weighted by molar-refractivity contribution is 0.0240. The average molecular weight is 470 g/mol. The third-order valence-corrected chi connectivity index (χ3v) is 6.12. The summed E-state index contributed by atoms with van der Waals surface area (Å²) in [7, 11) is 2.13. The van der Waals surface area contributed by atoms with E-state index in [0.717, 1.165) is 29.0 Å². The van der Waals surface area contributed by atoms with Crippen LogP contribution < -0.4 is 9.64 Å². The van der Waals surface area contributed by atoms with Crippen LogP contribution in [0.5, 0.6) is 6.01 Å². The molecule has 0 bridgehead atoms. The van der Waals surface area contributed by atoms with E-state index >= 15 is 0 Å². The van der Waals surface area contributed by atoms with Gasteiger partial charge in [0.25, 0.3) is 0 Å². The van der Waals surface area contributed by atoms with Crippen molar-refractivity contribution in [2.24, 2.45) is 0 Å². The van der Waals surface area contributed by atoms with Crippen LogP contribution in [0.2, 0.25) is 0 Å². The van der Waals surface area contributed by atoms with Crippen molar-refractivity contribution in [2.45, 2.75) is 52.2 Å². The number of ether oxygens (including phenoxy) is 2. The molecule has 0 aromatic carbocycles. The van der Waals surface area contributed by atoms with E-state index in [1.165, 1.54) is 6.42 Å². The van der Waals surface area contributed by atoms with Crippen molar-refractivity contribution in [1.29, 1.82) is 0 Å². The SMILES string of the molecule is Cc1c(Br)nc(OC[C@@H]2CCCN2C)nc1N1CCN(C(=O)OC(C)(C)C)CC1. The number of halogens is 1. The summed E-state index contributed by atoms with van der Waals surface area (Å²) in [6, 6.07) is 0.812. The van der Waals surface area contributed by atoms with Gasteiger partial charge in [-0.2, -0.15) is 9.97 Å². The molecule has 2 fully saturated rings. The van der Waals surface area contributed by atoms with Gasteiger partial charge in [-0.1, -0.05) is 0 Å². The van der Waals surface area contributed by atoms with Gasteiger partial charge in [0.05, 0.1) is 0 Å². The van der Waals surface area contributed by atoms with Crippen LogP contribution in [0.1, 0.15) is 39.2 Å². The average Bonchev–Trinajstić information content (AvgIpc) is 3.06. The van der Waals surface area contributed by atoms with Gasteiger partial charge in [0.15, 0.2) is 0 Å². The summed E-state index contributed by atoms with van der Waals surface area (Å²) in [6.07, 6.45) is 2.08. The molecule has 8 nitrogen and oxygen atoms in total. The van der Waals surface area contributed by atoms with Crippen LogP contribution in [0.3, 0.4) is 0 Å². The fourth-order valence-electron chi connectivity index (χ4n) is 3.62. The molecule has 9 heteroatoms. The molecule has 1 atom stereocenters. The van der Waals surface area contributed by atoms with Gasteiger partial charge in [-0.25, -0.2) is 4.79 Å². The zero-order valence-electron chi connectivity index (χ0n) is 18.1. The molecule has 3 rings (SSSR count). The summed E-state index contributed by atoms with van der Waals surface area (Å²) in [6.45, 7) is 11.9. The quantitative estimate of drug-likeness (QED) is 0.627. The third-order valence-electron chi connectivity index (χ3n) is 5.35. The Morgan fingerprint density at radius 3 is 2.45 bits per heavy atom. The first kappa shape index (κ1) is 22.1. The fraction of sp³-hybridized carbons (Fsp3) is 0.750. The molecule has 0 spiro atoms. The number of aromatic nitrogens is 2. The standard InChI is InChI=1S/C20H32BrN5O3/c1-14-16(21)22-18(28-13-15-7-6-8-24(15)5)23-17(14)25-9-11-26(12-10-25)19(27)29-20(2,3)4/h15H,6-13H2,1-5H3/t15-/m0/s1. The normalized spacial score (nSPS) is 20.8. The summed E-state index contributed by atoms with van der Waals surface area (Å²) < 4.78 is 12.2. The minimum atomic E-state index is -0.484. The van der Waals surface area contributed by atoms with Gasteiger partial charge in [-0.3, -0.25) is 0 Å². The molecule has 2 saturated heterocycles. The van der Waals surface area contributed by atoms with E-state index in [9.17, 15) is 4.79 Å². The van der Waals surface area contributed by atoms with Gasteiger partial charge in [0.1, 0.15) is 22.6 Å². The lowest BCUT2D eigenvalue weighted by atomic mass is 10.2. The van der Waals surface area contributed by atoms with Crippen molar-refractivity contribution in [1.82, 2.24) is 19.8 Å². The summed E-state index contributed by atoms with van der Waals surface area (Å²) in [4.78, 5) is 27.7. The maximum atomic E-state index is 12.3. The van der Waals surface area contributed by atoms with Gasteiger partial charge >= 0.3 is 12.1 Å². The highest BCUT2D eigenvalue weighted by Gasteiger charge is 2.28. The number of piperazine rings is 1. The van der Waals surface area contributed by atoms with E-state index in [1.807, 2.05) is 27.7 Å².